The van der Waals surface area contributed by atoms with E-state index in [1.54, 1.807) is 13.8 Å². The molecule has 0 aliphatic carbocycles. The van der Waals surface area contributed by atoms with E-state index in [4.69, 9.17) is 16.6 Å². The summed E-state index contributed by atoms with van der Waals surface area (Å²) in [6, 6.07) is -3.27. The van der Waals surface area contributed by atoms with Crippen LogP contribution in [0.4, 0.5) is 0 Å². The first-order chi connectivity index (χ1) is 12.5. The van der Waals surface area contributed by atoms with Crippen LogP contribution in [0.1, 0.15) is 26.7 Å². The number of carbonyl (C=O) groups excluding carboxylic acids is 4. The summed E-state index contributed by atoms with van der Waals surface area (Å²) in [4.78, 5) is 57.9. The third-order valence-corrected chi connectivity index (χ3v) is 3.94. The second-order valence-corrected chi connectivity index (χ2v) is 6.56. The highest BCUT2D eigenvalue weighted by Crippen LogP contribution is 2.00. The Kier molecular flexibility index (Phi) is 11.1. The molecule has 0 aliphatic rings. The summed E-state index contributed by atoms with van der Waals surface area (Å²) in [5.41, 5.74) is 10.7. The Bertz CT molecular complexity index is 571. The van der Waals surface area contributed by atoms with Crippen molar-refractivity contribution in [2.75, 3.05) is 12.3 Å². The van der Waals surface area contributed by atoms with E-state index in [1.165, 1.54) is 0 Å². The molecule has 0 fully saturated rings. The maximum Gasteiger partial charge on any atom is 0.327 e. The van der Waals surface area contributed by atoms with Crippen molar-refractivity contribution < 1.29 is 29.1 Å². The number of carboxylic acids is 1. The van der Waals surface area contributed by atoms with E-state index in [0.29, 0.717) is 0 Å². The molecular formula is C15H27N5O6S. The zero-order chi connectivity index (χ0) is 21.1. The third-order valence-electron chi connectivity index (χ3n) is 3.57. The van der Waals surface area contributed by atoms with E-state index in [9.17, 15) is 24.0 Å². The highest BCUT2D eigenvalue weighted by molar-refractivity contribution is 7.80. The van der Waals surface area contributed by atoms with Gasteiger partial charge in [0.15, 0.2) is 0 Å². The maximum absolute atomic E-state index is 12.2. The zero-order valence-electron chi connectivity index (χ0n) is 15.2. The van der Waals surface area contributed by atoms with E-state index in [2.05, 4.69) is 28.6 Å². The number of amides is 4. The highest BCUT2D eigenvalue weighted by Gasteiger charge is 2.26. The molecule has 0 radical (unpaired) electrons. The monoisotopic (exact) mass is 405 g/mol. The first-order valence-corrected chi connectivity index (χ1v) is 8.87. The number of aliphatic carboxylic acids is 1. The van der Waals surface area contributed by atoms with Crippen LogP contribution in [-0.2, 0) is 24.0 Å². The Morgan fingerprint density at radius 3 is 2.07 bits per heavy atom. The summed E-state index contributed by atoms with van der Waals surface area (Å²) in [6.07, 6.45) is -0.340. The van der Waals surface area contributed by atoms with Crippen LogP contribution in [0, 0.1) is 5.92 Å². The molecule has 12 heteroatoms. The molecule has 3 atom stereocenters. The summed E-state index contributed by atoms with van der Waals surface area (Å²) in [7, 11) is 0. The molecule has 0 bridgehead atoms. The van der Waals surface area contributed by atoms with Gasteiger partial charge in [0.25, 0.3) is 0 Å². The van der Waals surface area contributed by atoms with Gasteiger partial charge < -0.3 is 32.5 Å². The second kappa shape index (κ2) is 12.1. The fourth-order valence-electron chi connectivity index (χ4n) is 1.85. The molecule has 0 saturated heterocycles. The molecule has 0 aliphatic heterocycles. The van der Waals surface area contributed by atoms with E-state index >= 15 is 0 Å². The third kappa shape index (κ3) is 9.80. The van der Waals surface area contributed by atoms with Gasteiger partial charge in [0.1, 0.15) is 12.1 Å². The molecule has 154 valence electrons. The summed E-state index contributed by atoms with van der Waals surface area (Å²) in [5, 5.41) is 15.8. The van der Waals surface area contributed by atoms with Gasteiger partial charge in [-0.25, -0.2) is 4.79 Å². The number of nitrogens with two attached hydrogens (primary N) is 2. The van der Waals surface area contributed by atoms with Gasteiger partial charge in [0.2, 0.25) is 23.6 Å². The highest BCUT2D eigenvalue weighted by atomic mass is 32.1. The largest absolute Gasteiger partial charge is 0.480 e. The van der Waals surface area contributed by atoms with Crippen LogP contribution in [0.15, 0.2) is 0 Å². The lowest BCUT2D eigenvalue weighted by molar-refractivity contribution is -0.141. The molecule has 0 aromatic carbocycles. The molecule has 0 aromatic rings. The predicted octanol–water partition coefficient (Wildman–Crippen LogP) is -2.66. The summed E-state index contributed by atoms with van der Waals surface area (Å²) in [5.74, 6) is -4.33. The number of carboxylic acid groups (broad SMARTS) is 1. The van der Waals surface area contributed by atoms with Gasteiger partial charge in [0.05, 0.1) is 12.6 Å². The number of rotatable bonds is 12. The second-order valence-electron chi connectivity index (χ2n) is 6.19. The number of hydrogen-bond acceptors (Lipinski definition) is 7. The van der Waals surface area contributed by atoms with E-state index < -0.39 is 54.3 Å². The molecule has 8 N–H and O–H groups in total. The van der Waals surface area contributed by atoms with E-state index in [-0.39, 0.29) is 24.5 Å². The summed E-state index contributed by atoms with van der Waals surface area (Å²) in [6.45, 7) is 3.05. The first-order valence-electron chi connectivity index (χ1n) is 8.24. The fraction of sp³-hybridized carbons (Fsp3) is 0.667. The smallest absolute Gasteiger partial charge is 0.327 e. The standard InChI is InChI=1S/C15H27N5O6S/c1-7(2)12(17)14(24)18-5-11(22)19-8(3-4-10(16)21)13(23)20-9(6-27)15(25)26/h7-9,12,27H,3-6,17H2,1-2H3,(H2,16,21)(H,18,24)(H,19,22)(H,20,23)(H,25,26). The fourth-order valence-corrected chi connectivity index (χ4v) is 2.09. The Morgan fingerprint density at radius 2 is 1.63 bits per heavy atom. The van der Waals surface area contributed by atoms with Crippen LogP contribution < -0.4 is 27.4 Å². The van der Waals surface area contributed by atoms with Crippen LogP contribution in [0.25, 0.3) is 0 Å². The van der Waals surface area contributed by atoms with Gasteiger partial charge in [-0.1, -0.05) is 13.8 Å². The molecule has 0 aromatic heterocycles. The molecule has 4 amide bonds. The van der Waals surface area contributed by atoms with Crippen LogP contribution in [0.2, 0.25) is 0 Å². The Labute approximate surface area is 162 Å². The minimum absolute atomic E-state index is 0.128. The molecule has 0 spiro atoms. The van der Waals surface area contributed by atoms with Gasteiger partial charge in [-0.2, -0.15) is 12.6 Å². The van der Waals surface area contributed by atoms with Crippen LogP contribution in [-0.4, -0.2) is 65.1 Å². The van der Waals surface area contributed by atoms with Crippen molar-refractivity contribution in [3.8, 4) is 0 Å². The van der Waals surface area contributed by atoms with Crippen molar-refractivity contribution in [1.29, 1.82) is 0 Å². The van der Waals surface area contributed by atoms with E-state index in [0.717, 1.165) is 0 Å². The van der Waals surface area contributed by atoms with Gasteiger partial charge in [-0.15, -0.1) is 0 Å². The Morgan fingerprint density at radius 1 is 1.04 bits per heavy atom. The van der Waals surface area contributed by atoms with Crippen molar-refractivity contribution in [2.24, 2.45) is 17.4 Å². The van der Waals surface area contributed by atoms with Crippen molar-refractivity contribution in [1.82, 2.24) is 16.0 Å². The van der Waals surface area contributed by atoms with Gasteiger partial charge in [0, 0.05) is 12.2 Å². The van der Waals surface area contributed by atoms with Crippen LogP contribution >= 0.6 is 12.6 Å². The Balaban J connectivity index is 4.86. The lowest BCUT2D eigenvalue weighted by Gasteiger charge is -2.21. The van der Waals surface area contributed by atoms with Crippen molar-refractivity contribution in [3.05, 3.63) is 0 Å². The minimum Gasteiger partial charge on any atom is -0.480 e. The summed E-state index contributed by atoms with van der Waals surface area (Å²) >= 11 is 3.83. The predicted molar refractivity (Wildman–Crippen MR) is 99.6 cm³/mol. The maximum atomic E-state index is 12.2. The Hall–Kier alpha value is -2.34. The zero-order valence-corrected chi connectivity index (χ0v) is 16.1. The van der Waals surface area contributed by atoms with Crippen LogP contribution in [0.3, 0.4) is 0 Å². The normalized spacial score (nSPS) is 14.0. The van der Waals surface area contributed by atoms with Gasteiger partial charge in [-0.3, -0.25) is 19.2 Å². The molecule has 3 unspecified atom stereocenters. The number of primary amides is 1. The average molecular weight is 405 g/mol. The van der Waals surface area contributed by atoms with Gasteiger partial charge >= 0.3 is 5.97 Å². The quantitative estimate of drug-likeness (QED) is 0.172. The van der Waals surface area contributed by atoms with Gasteiger partial charge in [-0.05, 0) is 12.3 Å². The van der Waals surface area contributed by atoms with Crippen LogP contribution in [0.5, 0.6) is 0 Å². The number of nitrogens with one attached hydrogen (secondary N) is 3. The lowest BCUT2D eigenvalue weighted by Crippen LogP contribution is -2.54. The molecule has 27 heavy (non-hydrogen) atoms. The minimum atomic E-state index is -1.30. The molecule has 0 rings (SSSR count). The number of hydrogen-bond donors (Lipinski definition) is 7. The topological polar surface area (TPSA) is 194 Å². The number of thiol groups is 1. The van der Waals surface area contributed by atoms with Crippen molar-refractivity contribution >= 4 is 42.2 Å². The molecule has 11 nitrogen and oxygen atoms in total. The van der Waals surface area contributed by atoms with E-state index in [1.807, 2.05) is 0 Å². The first kappa shape index (κ1) is 24.7. The van der Waals surface area contributed by atoms with Crippen molar-refractivity contribution in [2.45, 2.75) is 44.8 Å². The SMILES string of the molecule is CC(C)C(N)C(=O)NCC(=O)NC(CCC(N)=O)C(=O)NC(CS)C(=O)O. The number of carbonyl (C=O) groups is 5. The molecule has 0 heterocycles. The lowest BCUT2D eigenvalue weighted by atomic mass is 10.1. The molecular weight excluding hydrogens is 378 g/mol. The summed E-state index contributed by atoms with van der Waals surface area (Å²) < 4.78 is 0. The average Bonchev–Trinajstić information content (AvgIpc) is 2.59. The molecule has 0 saturated carbocycles. The van der Waals surface area contributed by atoms with Crippen molar-refractivity contribution in [3.63, 3.8) is 0 Å².